The minimum atomic E-state index is -1.23. The Kier molecular flexibility index (Phi) is 7.29. The summed E-state index contributed by atoms with van der Waals surface area (Å²) in [4.78, 5) is 19.8. The number of para-hydroxylation sites is 1. The monoisotopic (exact) mass is 521 g/mol. The number of carbonyl (C=O) groups is 1. The topological polar surface area (TPSA) is 63.7 Å². The number of rotatable bonds is 9. The highest BCUT2D eigenvalue weighted by molar-refractivity contribution is 5.94. The number of esters is 1. The van der Waals surface area contributed by atoms with Gasteiger partial charge in [-0.15, -0.1) is 0 Å². The third kappa shape index (κ3) is 4.94. The maximum Gasteiger partial charge on any atom is 0.360 e. The first-order chi connectivity index (χ1) is 18.9. The molecule has 1 aliphatic rings. The van der Waals surface area contributed by atoms with E-state index < -0.39 is 11.7 Å². The van der Waals surface area contributed by atoms with Gasteiger partial charge < -0.3 is 19.7 Å². The standard InChI is InChI=1S/C33H35N3O3/c1-6-36(7-2)25-16-19-28(23(5)21-25)33(29-12-10-20-34-31(29)32(37)39-33)35-30-13-9-8-11-27(30)24-14-17-26(18-15-24)38-22(3)4/h8-22,35H,6-7H2,1-5H3. The van der Waals surface area contributed by atoms with Crippen LogP contribution in [0.1, 0.15) is 54.9 Å². The maximum absolute atomic E-state index is 13.2. The van der Waals surface area contributed by atoms with Gasteiger partial charge in [0.05, 0.1) is 11.7 Å². The number of nitrogens with one attached hydrogen (secondary N) is 1. The largest absolute Gasteiger partial charge is 0.491 e. The summed E-state index contributed by atoms with van der Waals surface area (Å²) < 4.78 is 12.1. The molecule has 4 aromatic rings. The van der Waals surface area contributed by atoms with Gasteiger partial charge in [0.25, 0.3) is 0 Å². The molecule has 0 amide bonds. The van der Waals surface area contributed by atoms with Crippen LogP contribution in [0.5, 0.6) is 5.75 Å². The van der Waals surface area contributed by atoms with E-state index in [9.17, 15) is 4.79 Å². The molecule has 0 spiro atoms. The van der Waals surface area contributed by atoms with Crippen molar-refractivity contribution in [3.63, 3.8) is 0 Å². The first-order valence-corrected chi connectivity index (χ1v) is 13.6. The molecule has 0 saturated heterocycles. The van der Waals surface area contributed by atoms with Gasteiger partial charge >= 0.3 is 5.97 Å². The quantitative estimate of drug-likeness (QED) is 0.236. The van der Waals surface area contributed by atoms with E-state index in [1.165, 1.54) is 0 Å². The molecule has 1 atom stereocenters. The van der Waals surface area contributed by atoms with Crippen molar-refractivity contribution in [2.75, 3.05) is 23.3 Å². The van der Waals surface area contributed by atoms with Crippen LogP contribution < -0.4 is 15.0 Å². The zero-order valence-electron chi connectivity index (χ0n) is 23.2. The zero-order chi connectivity index (χ0) is 27.6. The Balaban J connectivity index is 1.63. The number of hydrogen-bond acceptors (Lipinski definition) is 6. The van der Waals surface area contributed by atoms with Gasteiger partial charge in [-0.2, -0.15) is 0 Å². The molecule has 3 aromatic carbocycles. The molecule has 0 saturated carbocycles. The van der Waals surface area contributed by atoms with E-state index in [-0.39, 0.29) is 6.10 Å². The van der Waals surface area contributed by atoms with Gasteiger partial charge in [-0.1, -0.05) is 36.4 Å². The molecule has 1 unspecified atom stereocenters. The Morgan fingerprint density at radius 2 is 1.69 bits per heavy atom. The third-order valence-electron chi connectivity index (χ3n) is 7.12. The highest BCUT2D eigenvalue weighted by atomic mass is 16.6. The zero-order valence-corrected chi connectivity index (χ0v) is 23.2. The fourth-order valence-corrected chi connectivity index (χ4v) is 5.30. The normalized spacial score (nSPS) is 16.1. The highest BCUT2D eigenvalue weighted by Crippen LogP contribution is 2.45. The third-order valence-corrected chi connectivity index (χ3v) is 7.12. The number of ether oxygens (including phenoxy) is 2. The van der Waals surface area contributed by atoms with Crippen molar-refractivity contribution in [3.05, 3.63) is 107 Å². The first kappa shape index (κ1) is 26.3. The second kappa shape index (κ2) is 10.8. The van der Waals surface area contributed by atoms with E-state index in [0.29, 0.717) is 11.3 Å². The van der Waals surface area contributed by atoms with Crippen molar-refractivity contribution in [2.24, 2.45) is 0 Å². The van der Waals surface area contributed by atoms with Crippen LogP contribution in [0.15, 0.2) is 85.1 Å². The first-order valence-electron chi connectivity index (χ1n) is 13.6. The summed E-state index contributed by atoms with van der Waals surface area (Å²) in [6.07, 6.45) is 1.73. The molecule has 5 rings (SSSR count). The van der Waals surface area contributed by atoms with Crippen LogP contribution in [0.3, 0.4) is 0 Å². The smallest absolute Gasteiger partial charge is 0.360 e. The summed E-state index contributed by atoms with van der Waals surface area (Å²) in [5.74, 6) is 0.377. The van der Waals surface area contributed by atoms with Gasteiger partial charge in [-0.25, -0.2) is 9.78 Å². The lowest BCUT2D eigenvalue weighted by Crippen LogP contribution is -2.38. The molecule has 6 heteroatoms. The number of hydrogen-bond donors (Lipinski definition) is 1. The van der Waals surface area contributed by atoms with E-state index in [2.05, 4.69) is 60.2 Å². The lowest BCUT2D eigenvalue weighted by molar-refractivity contribution is 0.0208. The van der Waals surface area contributed by atoms with Crippen LogP contribution >= 0.6 is 0 Å². The molecular formula is C33H35N3O3. The molecular weight excluding hydrogens is 486 g/mol. The van der Waals surface area contributed by atoms with Crippen molar-refractivity contribution < 1.29 is 14.3 Å². The second-order valence-corrected chi connectivity index (χ2v) is 10.0. The number of anilines is 2. The van der Waals surface area contributed by atoms with E-state index >= 15 is 0 Å². The highest BCUT2D eigenvalue weighted by Gasteiger charge is 2.49. The van der Waals surface area contributed by atoms with Crippen LogP contribution in [-0.4, -0.2) is 30.1 Å². The van der Waals surface area contributed by atoms with E-state index in [4.69, 9.17) is 9.47 Å². The molecule has 0 aliphatic carbocycles. The van der Waals surface area contributed by atoms with Crippen LogP contribution in [0, 0.1) is 6.92 Å². The number of cyclic esters (lactones) is 1. The lowest BCUT2D eigenvalue weighted by Gasteiger charge is -2.34. The minimum Gasteiger partial charge on any atom is -0.491 e. The molecule has 0 bridgehead atoms. The predicted octanol–water partition coefficient (Wildman–Crippen LogP) is 7.17. The predicted molar refractivity (Wildman–Crippen MR) is 156 cm³/mol. The van der Waals surface area contributed by atoms with Crippen molar-refractivity contribution in [3.8, 4) is 16.9 Å². The molecule has 39 heavy (non-hydrogen) atoms. The lowest BCUT2D eigenvalue weighted by atomic mass is 9.90. The number of pyridine rings is 1. The molecule has 1 aliphatic heterocycles. The van der Waals surface area contributed by atoms with E-state index in [1.54, 1.807) is 6.20 Å². The van der Waals surface area contributed by atoms with Gasteiger partial charge in [-0.05, 0) is 88.2 Å². The number of aryl methyl sites for hydroxylation is 1. The molecule has 0 fully saturated rings. The van der Waals surface area contributed by atoms with Gasteiger partial charge in [-0.3, -0.25) is 0 Å². The Bertz CT molecular complexity index is 1480. The van der Waals surface area contributed by atoms with Crippen molar-refractivity contribution in [1.29, 1.82) is 0 Å². The summed E-state index contributed by atoms with van der Waals surface area (Å²) in [6, 6.07) is 26.2. The molecule has 6 nitrogen and oxygen atoms in total. The summed E-state index contributed by atoms with van der Waals surface area (Å²) in [7, 11) is 0. The summed E-state index contributed by atoms with van der Waals surface area (Å²) in [5.41, 5.74) is 5.66. The van der Waals surface area contributed by atoms with Crippen molar-refractivity contribution in [1.82, 2.24) is 4.98 Å². The number of fused-ring (bicyclic) bond motifs is 1. The maximum atomic E-state index is 13.2. The number of aromatic nitrogens is 1. The SMILES string of the molecule is CCN(CC)c1ccc(C2(Nc3ccccc3-c3ccc(OC(C)C)cc3)OC(=O)c3ncccc32)c(C)c1. The van der Waals surface area contributed by atoms with Gasteiger partial charge in [0.2, 0.25) is 5.72 Å². The van der Waals surface area contributed by atoms with Crippen LogP contribution in [0.2, 0.25) is 0 Å². The van der Waals surface area contributed by atoms with Gasteiger partial charge in [0.15, 0.2) is 5.69 Å². The molecule has 1 N–H and O–H groups in total. The Labute approximate surface area is 230 Å². The molecule has 1 aromatic heterocycles. The van der Waals surface area contributed by atoms with Crippen LogP contribution in [-0.2, 0) is 10.5 Å². The summed E-state index contributed by atoms with van der Waals surface area (Å²) >= 11 is 0. The van der Waals surface area contributed by atoms with Gasteiger partial charge in [0.1, 0.15) is 5.75 Å². The summed E-state index contributed by atoms with van der Waals surface area (Å²) in [5, 5.41) is 3.66. The summed E-state index contributed by atoms with van der Waals surface area (Å²) in [6.45, 7) is 12.2. The van der Waals surface area contributed by atoms with Gasteiger partial charge in [0, 0.05) is 41.8 Å². The van der Waals surface area contributed by atoms with Crippen molar-refractivity contribution >= 4 is 17.3 Å². The van der Waals surface area contributed by atoms with Crippen LogP contribution in [0.4, 0.5) is 11.4 Å². The number of carbonyl (C=O) groups excluding carboxylic acids is 1. The Morgan fingerprint density at radius 1 is 0.949 bits per heavy atom. The average molecular weight is 522 g/mol. The molecule has 0 radical (unpaired) electrons. The average Bonchev–Trinajstić information content (AvgIpc) is 3.22. The Morgan fingerprint density at radius 3 is 2.38 bits per heavy atom. The second-order valence-electron chi connectivity index (χ2n) is 10.0. The van der Waals surface area contributed by atoms with Crippen molar-refractivity contribution in [2.45, 2.75) is 46.4 Å². The minimum absolute atomic E-state index is 0.103. The van der Waals surface area contributed by atoms with E-state index in [0.717, 1.165) is 52.5 Å². The Hall–Kier alpha value is -4.32. The molecule has 2 heterocycles. The number of benzene rings is 3. The van der Waals surface area contributed by atoms with Crippen LogP contribution in [0.25, 0.3) is 11.1 Å². The van der Waals surface area contributed by atoms with E-state index in [1.807, 2.05) is 68.4 Å². The fourth-order valence-electron chi connectivity index (χ4n) is 5.30. The number of nitrogens with zero attached hydrogens (tertiary/aromatic N) is 2. The fraction of sp³-hybridized carbons (Fsp3) is 0.273. The molecule has 200 valence electrons.